The number of carbonyl (C=O) groups is 2. The Morgan fingerprint density at radius 2 is 1.80 bits per heavy atom. The van der Waals surface area contributed by atoms with Crippen LogP contribution in [0.2, 0.25) is 0 Å². The van der Waals surface area contributed by atoms with Crippen LogP contribution in [0.25, 0.3) is 11.3 Å². The van der Waals surface area contributed by atoms with E-state index < -0.39 is 0 Å². The summed E-state index contributed by atoms with van der Waals surface area (Å²) in [4.78, 5) is 27.4. The third kappa shape index (κ3) is 7.09. The smallest absolute Gasteiger partial charge is 0.252 e. The maximum absolute atomic E-state index is 12.1. The molecule has 0 saturated heterocycles. The molecule has 0 aliphatic carbocycles. The van der Waals surface area contributed by atoms with E-state index in [9.17, 15) is 9.59 Å². The quantitative estimate of drug-likeness (QED) is 0.483. The van der Waals surface area contributed by atoms with Crippen LogP contribution in [0.1, 0.15) is 24.5 Å². The average Bonchev–Trinajstić information content (AvgIpc) is 3.20. The molecule has 0 spiro atoms. The molecule has 1 heterocycles. The van der Waals surface area contributed by atoms with Crippen molar-refractivity contribution in [3.8, 4) is 11.3 Å². The van der Waals surface area contributed by atoms with Gasteiger partial charge in [0, 0.05) is 24.4 Å². The minimum atomic E-state index is -0.221. The number of benzene rings is 2. The van der Waals surface area contributed by atoms with Crippen LogP contribution < -0.4 is 10.6 Å². The molecular weight excluding hydrogens is 398 g/mol. The maximum atomic E-state index is 12.1. The first-order valence-electron chi connectivity index (χ1n) is 9.81. The monoisotopic (exact) mass is 423 g/mol. The van der Waals surface area contributed by atoms with Gasteiger partial charge in [-0.3, -0.25) is 14.9 Å². The summed E-state index contributed by atoms with van der Waals surface area (Å²) in [5.74, 6) is -0.221. The molecule has 0 aliphatic heterocycles. The molecule has 0 unspecified atom stereocenters. The number of amides is 2. The van der Waals surface area contributed by atoms with E-state index in [-0.39, 0.29) is 18.4 Å². The molecule has 0 radical (unpaired) electrons. The molecule has 7 heteroatoms. The Labute approximate surface area is 180 Å². The topological polar surface area (TPSA) is 80.3 Å². The van der Waals surface area contributed by atoms with Gasteiger partial charge in [0.15, 0.2) is 5.13 Å². The van der Waals surface area contributed by atoms with E-state index in [1.165, 1.54) is 23.8 Å². The summed E-state index contributed by atoms with van der Waals surface area (Å²) in [6.45, 7) is 2.59. The zero-order valence-electron chi connectivity index (χ0n) is 16.9. The summed E-state index contributed by atoms with van der Waals surface area (Å²) < 4.78 is 5.45. The Kier molecular flexibility index (Phi) is 8.11. The molecule has 6 nitrogen and oxygen atoms in total. The molecule has 1 aromatic heterocycles. The number of ether oxygens (including phenoxy) is 1. The lowest BCUT2D eigenvalue weighted by Crippen LogP contribution is -2.21. The number of thiazole rings is 1. The number of rotatable bonds is 10. The lowest BCUT2D eigenvalue weighted by Gasteiger charge is -2.05. The van der Waals surface area contributed by atoms with Crippen LogP contribution >= 0.6 is 11.3 Å². The highest BCUT2D eigenvalue weighted by molar-refractivity contribution is 7.14. The Hall–Kier alpha value is -3.03. The van der Waals surface area contributed by atoms with Crippen LogP contribution in [0.3, 0.4) is 0 Å². The Morgan fingerprint density at radius 1 is 1.03 bits per heavy atom. The molecule has 2 amide bonds. The number of aromatic nitrogens is 1. The second-order valence-electron chi connectivity index (χ2n) is 6.85. The van der Waals surface area contributed by atoms with Crippen molar-refractivity contribution in [2.45, 2.75) is 26.4 Å². The number of nitrogens with one attached hydrogen (secondary N) is 2. The fourth-order valence-electron chi connectivity index (χ4n) is 2.85. The third-order valence-electron chi connectivity index (χ3n) is 4.36. The predicted octanol–water partition coefficient (Wildman–Crippen LogP) is 4.03. The lowest BCUT2D eigenvalue weighted by atomic mass is 10.1. The van der Waals surface area contributed by atoms with E-state index >= 15 is 0 Å². The minimum Gasteiger partial charge on any atom is -0.367 e. The number of hydrogen-bond acceptors (Lipinski definition) is 5. The number of aryl methyl sites for hydroxylation is 1. The highest BCUT2D eigenvalue weighted by Crippen LogP contribution is 2.25. The van der Waals surface area contributed by atoms with Crippen LogP contribution in [0.15, 0.2) is 60.0 Å². The van der Waals surface area contributed by atoms with Gasteiger partial charge in [-0.1, -0.05) is 54.6 Å². The van der Waals surface area contributed by atoms with Gasteiger partial charge in [-0.05, 0) is 24.0 Å². The first kappa shape index (κ1) is 21.7. The van der Waals surface area contributed by atoms with Crippen molar-refractivity contribution in [2.75, 3.05) is 18.5 Å². The van der Waals surface area contributed by atoms with Gasteiger partial charge in [-0.25, -0.2) is 4.98 Å². The summed E-state index contributed by atoms with van der Waals surface area (Å²) in [6, 6.07) is 17.9. The summed E-state index contributed by atoms with van der Waals surface area (Å²) in [6.07, 6.45) is 1.81. The summed E-state index contributed by atoms with van der Waals surface area (Å²) >= 11 is 1.39. The molecule has 0 fully saturated rings. The molecular formula is C23H25N3O3S. The van der Waals surface area contributed by atoms with Crippen molar-refractivity contribution in [3.05, 3.63) is 71.1 Å². The highest BCUT2D eigenvalue weighted by atomic mass is 32.1. The average molecular weight is 424 g/mol. The van der Waals surface area contributed by atoms with Gasteiger partial charge in [-0.15, -0.1) is 11.3 Å². The van der Waals surface area contributed by atoms with E-state index in [1.807, 2.05) is 47.8 Å². The van der Waals surface area contributed by atoms with Crippen molar-refractivity contribution in [1.29, 1.82) is 0 Å². The standard InChI is InChI=1S/C23H25N3O3S/c1-17(27)24-13-5-8-18-9-11-20(12-10-18)21-16-30-23(25-21)26-22(28)15-29-14-19-6-3-2-4-7-19/h2-4,6-7,9-12,16H,5,8,13-15H2,1H3,(H,24,27)(H,25,26,28). The van der Waals surface area contributed by atoms with Gasteiger partial charge in [0.25, 0.3) is 5.91 Å². The number of anilines is 1. The van der Waals surface area contributed by atoms with Gasteiger partial charge >= 0.3 is 0 Å². The first-order chi connectivity index (χ1) is 14.6. The van der Waals surface area contributed by atoms with Gasteiger partial charge in [0.1, 0.15) is 6.61 Å². The lowest BCUT2D eigenvalue weighted by molar-refractivity contribution is -0.121. The van der Waals surface area contributed by atoms with Gasteiger partial charge in [-0.2, -0.15) is 0 Å². The highest BCUT2D eigenvalue weighted by Gasteiger charge is 2.09. The molecule has 0 bridgehead atoms. The van der Waals surface area contributed by atoms with Gasteiger partial charge in [0.2, 0.25) is 5.91 Å². The second kappa shape index (κ2) is 11.2. The number of carbonyl (C=O) groups excluding carboxylic acids is 2. The molecule has 2 N–H and O–H groups in total. The fourth-order valence-corrected chi connectivity index (χ4v) is 3.59. The van der Waals surface area contributed by atoms with E-state index in [2.05, 4.69) is 27.8 Å². The zero-order valence-corrected chi connectivity index (χ0v) is 17.7. The normalized spacial score (nSPS) is 10.6. The van der Waals surface area contributed by atoms with Crippen molar-refractivity contribution < 1.29 is 14.3 Å². The Balaban J connectivity index is 1.44. The third-order valence-corrected chi connectivity index (χ3v) is 5.12. The Morgan fingerprint density at radius 3 is 2.53 bits per heavy atom. The molecule has 30 heavy (non-hydrogen) atoms. The molecule has 0 aliphatic rings. The summed E-state index contributed by atoms with van der Waals surface area (Å²) in [5, 5.41) is 8.06. The molecule has 156 valence electrons. The number of nitrogens with zero attached hydrogens (tertiary/aromatic N) is 1. The van der Waals surface area contributed by atoms with Crippen LogP contribution in [0, 0.1) is 0 Å². The van der Waals surface area contributed by atoms with Crippen LogP contribution in [-0.4, -0.2) is 29.9 Å². The van der Waals surface area contributed by atoms with Crippen LogP contribution in [0.4, 0.5) is 5.13 Å². The van der Waals surface area contributed by atoms with E-state index in [1.54, 1.807) is 0 Å². The second-order valence-corrected chi connectivity index (χ2v) is 7.71. The predicted molar refractivity (Wildman–Crippen MR) is 119 cm³/mol. The summed E-state index contributed by atoms with van der Waals surface area (Å²) in [7, 11) is 0. The first-order valence-corrected chi connectivity index (χ1v) is 10.7. The fraction of sp³-hybridized carbons (Fsp3) is 0.261. The molecule has 3 aromatic rings. The van der Waals surface area contributed by atoms with Crippen molar-refractivity contribution in [3.63, 3.8) is 0 Å². The Bertz CT molecular complexity index is 955. The number of hydrogen-bond donors (Lipinski definition) is 2. The minimum absolute atomic E-state index is 0.000433. The van der Waals surface area contributed by atoms with Gasteiger partial charge < -0.3 is 10.1 Å². The van der Waals surface area contributed by atoms with Crippen LogP contribution in [0.5, 0.6) is 0 Å². The van der Waals surface area contributed by atoms with Crippen molar-refractivity contribution in [2.24, 2.45) is 0 Å². The summed E-state index contributed by atoms with van der Waals surface area (Å²) in [5.41, 5.74) is 4.06. The largest absolute Gasteiger partial charge is 0.367 e. The van der Waals surface area contributed by atoms with E-state index in [0.29, 0.717) is 18.3 Å². The van der Waals surface area contributed by atoms with E-state index in [0.717, 1.165) is 29.7 Å². The van der Waals surface area contributed by atoms with E-state index in [4.69, 9.17) is 4.74 Å². The van der Waals surface area contributed by atoms with Crippen molar-refractivity contribution in [1.82, 2.24) is 10.3 Å². The van der Waals surface area contributed by atoms with Gasteiger partial charge in [0.05, 0.1) is 12.3 Å². The molecule has 0 atom stereocenters. The van der Waals surface area contributed by atoms with Crippen LogP contribution in [-0.2, 0) is 27.4 Å². The molecule has 3 rings (SSSR count). The SMILES string of the molecule is CC(=O)NCCCc1ccc(-c2csc(NC(=O)COCc3ccccc3)n2)cc1. The maximum Gasteiger partial charge on any atom is 0.252 e. The molecule has 0 saturated carbocycles. The zero-order chi connectivity index (χ0) is 21.2. The van der Waals surface area contributed by atoms with Crippen molar-refractivity contribution >= 4 is 28.3 Å². The molecule has 2 aromatic carbocycles.